The SMILES string of the molecule is COc1cc(CN(C)C(=O)CN2CCNC[C@@H]2C)ccc1OCc1ccccc1.Cl. The van der Waals surface area contributed by atoms with E-state index in [1.807, 2.05) is 55.6 Å². The van der Waals surface area contributed by atoms with Gasteiger partial charge in [0.05, 0.1) is 13.7 Å². The van der Waals surface area contributed by atoms with Gasteiger partial charge in [-0.2, -0.15) is 0 Å². The molecule has 2 aromatic carbocycles. The predicted molar refractivity (Wildman–Crippen MR) is 121 cm³/mol. The van der Waals surface area contributed by atoms with Gasteiger partial charge in [0.15, 0.2) is 11.5 Å². The van der Waals surface area contributed by atoms with Crippen LogP contribution in [0.5, 0.6) is 11.5 Å². The first-order chi connectivity index (χ1) is 14.1. The molecule has 1 saturated heterocycles. The normalized spacial score (nSPS) is 16.4. The number of hydrogen-bond donors (Lipinski definition) is 1. The van der Waals surface area contributed by atoms with Gasteiger partial charge in [0.2, 0.25) is 5.91 Å². The first-order valence-corrected chi connectivity index (χ1v) is 10.1. The lowest BCUT2D eigenvalue weighted by Gasteiger charge is -2.34. The molecule has 0 aliphatic carbocycles. The van der Waals surface area contributed by atoms with Crippen molar-refractivity contribution in [2.24, 2.45) is 0 Å². The largest absolute Gasteiger partial charge is 0.493 e. The number of carbonyl (C=O) groups is 1. The molecule has 1 amide bonds. The van der Waals surface area contributed by atoms with Crippen LogP contribution in [-0.2, 0) is 17.9 Å². The Morgan fingerprint density at radius 2 is 1.93 bits per heavy atom. The molecular formula is C23H32ClN3O3. The summed E-state index contributed by atoms with van der Waals surface area (Å²) in [5.41, 5.74) is 2.12. The zero-order valence-corrected chi connectivity index (χ0v) is 18.8. The topological polar surface area (TPSA) is 54.0 Å². The van der Waals surface area contributed by atoms with Gasteiger partial charge in [-0.25, -0.2) is 0 Å². The number of piperazine rings is 1. The first-order valence-electron chi connectivity index (χ1n) is 10.1. The minimum atomic E-state index is 0. The lowest BCUT2D eigenvalue weighted by atomic mass is 10.1. The number of nitrogens with one attached hydrogen (secondary N) is 1. The molecule has 6 nitrogen and oxygen atoms in total. The summed E-state index contributed by atoms with van der Waals surface area (Å²) < 4.78 is 11.4. The first kappa shape index (κ1) is 24.0. The molecule has 1 heterocycles. The molecule has 0 aromatic heterocycles. The summed E-state index contributed by atoms with van der Waals surface area (Å²) >= 11 is 0. The maximum Gasteiger partial charge on any atom is 0.236 e. The molecule has 0 radical (unpaired) electrons. The smallest absolute Gasteiger partial charge is 0.236 e. The number of likely N-dealkylation sites (N-methyl/N-ethyl adjacent to an activating group) is 1. The molecule has 1 N–H and O–H groups in total. The lowest BCUT2D eigenvalue weighted by molar-refractivity contribution is -0.132. The fraction of sp³-hybridized carbons (Fsp3) is 0.435. The van der Waals surface area contributed by atoms with Crippen LogP contribution in [0.25, 0.3) is 0 Å². The van der Waals surface area contributed by atoms with Gasteiger partial charge < -0.3 is 19.7 Å². The van der Waals surface area contributed by atoms with Crippen molar-refractivity contribution in [2.75, 3.05) is 40.3 Å². The van der Waals surface area contributed by atoms with Gasteiger partial charge in [0.25, 0.3) is 0 Å². The summed E-state index contributed by atoms with van der Waals surface area (Å²) in [6, 6.07) is 16.2. The van der Waals surface area contributed by atoms with Crippen LogP contribution in [0.4, 0.5) is 0 Å². The Morgan fingerprint density at radius 3 is 2.63 bits per heavy atom. The Kier molecular flexibility index (Phi) is 9.43. The van der Waals surface area contributed by atoms with E-state index in [1.165, 1.54) is 0 Å². The monoisotopic (exact) mass is 433 g/mol. The van der Waals surface area contributed by atoms with Crippen LogP contribution < -0.4 is 14.8 Å². The van der Waals surface area contributed by atoms with Crippen molar-refractivity contribution in [3.8, 4) is 11.5 Å². The van der Waals surface area contributed by atoms with Gasteiger partial charge in [-0.05, 0) is 30.2 Å². The van der Waals surface area contributed by atoms with Gasteiger partial charge in [-0.3, -0.25) is 9.69 Å². The molecule has 1 aliphatic heterocycles. The Hall–Kier alpha value is -2.28. The van der Waals surface area contributed by atoms with Gasteiger partial charge in [0.1, 0.15) is 6.61 Å². The second kappa shape index (κ2) is 11.8. The molecule has 1 atom stereocenters. The van der Waals surface area contributed by atoms with E-state index >= 15 is 0 Å². The Bertz CT molecular complexity index is 804. The highest BCUT2D eigenvalue weighted by Crippen LogP contribution is 2.29. The van der Waals surface area contributed by atoms with Crippen LogP contribution in [0.1, 0.15) is 18.1 Å². The second-order valence-electron chi connectivity index (χ2n) is 7.53. The summed E-state index contributed by atoms with van der Waals surface area (Å²) in [6.45, 7) is 6.39. The molecule has 3 rings (SSSR count). The van der Waals surface area contributed by atoms with Crippen molar-refractivity contribution < 1.29 is 14.3 Å². The number of amides is 1. The number of nitrogens with zero attached hydrogens (tertiary/aromatic N) is 2. The molecule has 0 saturated carbocycles. The van der Waals surface area contributed by atoms with E-state index in [9.17, 15) is 4.79 Å². The molecule has 1 aliphatic rings. The Labute approximate surface area is 185 Å². The van der Waals surface area contributed by atoms with Crippen LogP contribution in [0.3, 0.4) is 0 Å². The van der Waals surface area contributed by atoms with Gasteiger partial charge >= 0.3 is 0 Å². The maximum atomic E-state index is 12.6. The predicted octanol–water partition coefficient (Wildman–Crippen LogP) is 2.95. The quantitative estimate of drug-likeness (QED) is 0.693. The molecule has 0 unspecified atom stereocenters. The summed E-state index contributed by atoms with van der Waals surface area (Å²) in [5.74, 6) is 1.50. The van der Waals surface area contributed by atoms with Crippen LogP contribution in [0, 0.1) is 0 Å². The third-order valence-electron chi connectivity index (χ3n) is 5.29. The number of halogens is 1. The van der Waals surface area contributed by atoms with Gasteiger partial charge in [-0.1, -0.05) is 36.4 Å². The molecule has 7 heteroatoms. The Morgan fingerprint density at radius 1 is 1.17 bits per heavy atom. The van der Waals surface area contributed by atoms with E-state index in [4.69, 9.17) is 9.47 Å². The van der Waals surface area contributed by atoms with E-state index in [-0.39, 0.29) is 18.3 Å². The van der Waals surface area contributed by atoms with Crippen LogP contribution >= 0.6 is 12.4 Å². The molecule has 0 bridgehead atoms. The van der Waals surface area contributed by atoms with E-state index < -0.39 is 0 Å². The third kappa shape index (κ3) is 6.62. The van der Waals surface area contributed by atoms with Crippen LogP contribution in [0.2, 0.25) is 0 Å². The van der Waals surface area contributed by atoms with Crippen LogP contribution in [0.15, 0.2) is 48.5 Å². The van der Waals surface area contributed by atoms with Crippen molar-refractivity contribution in [2.45, 2.75) is 26.1 Å². The molecule has 1 fully saturated rings. The zero-order chi connectivity index (χ0) is 20.6. The molecule has 164 valence electrons. The molecule has 2 aromatic rings. The maximum absolute atomic E-state index is 12.6. The number of rotatable bonds is 8. The van der Waals surface area contributed by atoms with Crippen LogP contribution in [-0.4, -0.2) is 62.1 Å². The summed E-state index contributed by atoms with van der Waals surface area (Å²) in [5, 5.41) is 3.35. The Balaban J connectivity index is 0.00000320. The van der Waals surface area contributed by atoms with Gasteiger partial charge in [0, 0.05) is 39.3 Å². The van der Waals surface area contributed by atoms with Gasteiger partial charge in [-0.15, -0.1) is 12.4 Å². The summed E-state index contributed by atoms with van der Waals surface area (Å²) in [7, 11) is 3.48. The van der Waals surface area contributed by atoms with Crippen molar-refractivity contribution in [3.63, 3.8) is 0 Å². The molecule has 30 heavy (non-hydrogen) atoms. The molecular weight excluding hydrogens is 402 g/mol. The van der Waals surface area contributed by atoms with E-state index in [2.05, 4.69) is 17.1 Å². The fourth-order valence-electron chi connectivity index (χ4n) is 3.44. The lowest BCUT2D eigenvalue weighted by Crippen LogP contribution is -2.52. The number of hydrogen-bond acceptors (Lipinski definition) is 5. The summed E-state index contributed by atoms with van der Waals surface area (Å²) in [6.07, 6.45) is 0. The van der Waals surface area contributed by atoms with E-state index in [0.29, 0.717) is 37.2 Å². The zero-order valence-electron chi connectivity index (χ0n) is 18.0. The average Bonchev–Trinajstić information content (AvgIpc) is 2.75. The molecule has 0 spiro atoms. The van der Waals surface area contributed by atoms with Crippen molar-refractivity contribution in [1.29, 1.82) is 0 Å². The van der Waals surface area contributed by atoms with Crippen molar-refractivity contribution in [3.05, 3.63) is 59.7 Å². The summed E-state index contributed by atoms with van der Waals surface area (Å²) in [4.78, 5) is 16.7. The number of benzene rings is 2. The minimum Gasteiger partial charge on any atom is -0.493 e. The second-order valence-corrected chi connectivity index (χ2v) is 7.53. The highest BCUT2D eigenvalue weighted by Gasteiger charge is 2.22. The van der Waals surface area contributed by atoms with E-state index in [1.54, 1.807) is 12.0 Å². The highest BCUT2D eigenvalue weighted by atomic mass is 35.5. The fourth-order valence-corrected chi connectivity index (χ4v) is 3.44. The third-order valence-corrected chi connectivity index (χ3v) is 5.29. The van der Waals surface area contributed by atoms with E-state index in [0.717, 1.165) is 30.8 Å². The average molecular weight is 434 g/mol. The standard InChI is InChI=1S/C23H31N3O3.ClH/c1-18-14-24-11-12-26(18)16-23(27)25(2)15-20-9-10-21(22(13-20)28-3)29-17-19-7-5-4-6-8-19;/h4-10,13,18,24H,11-12,14-17H2,1-3H3;1H/t18-;/m0./s1. The minimum absolute atomic E-state index is 0. The number of methoxy groups -OCH3 is 1. The van der Waals surface area contributed by atoms with Crippen molar-refractivity contribution >= 4 is 18.3 Å². The highest BCUT2D eigenvalue weighted by molar-refractivity contribution is 5.85. The number of ether oxygens (including phenoxy) is 2. The van der Waals surface area contributed by atoms with Crippen molar-refractivity contribution in [1.82, 2.24) is 15.1 Å². The number of carbonyl (C=O) groups excluding carboxylic acids is 1.